The van der Waals surface area contributed by atoms with Crippen molar-refractivity contribution in [3.63, 3.8) is 0 Å². The van der Waals surface area contributed by atoms with E-state index < -0.39 is 17.8 Å². The Labute approximate surface area is 137 Å². The quantitative estimate of drug-likeness (QED) is 0.271. The molecule has 3 rings (SSSR count). The molecule has 0 bridgehead atoms. The van der Waals surface area contributed by atoms with Gasteiger partial charge in [-0.05, 0) is 47.5 Å². The van der Waals surface area contributed by atoms with Gasteiger partial charge in [-0.15, -0.1) is 0 Å². The van der Waals surface area contributed by atoms with Crippen molar-refractivity contribution in [3.05, 3.63) is 54.1 Å². The molecule has 3 nitrogen and oxygen atoms in total. The van der Waals surface area contributed by atoms with Crippen molar-refractivity contribution in [1.82, 2.24) is 0 Å². The normalized spacial score (nSPS) is 11.0. The molecular weight excluding hydrogens is 314 g/mol. The van der Waals surface area contributed by atoms with Crippen molar-refractivity contribution in [1.29, 1.82) is 0 Å². The van der Waals surface area contributed by atoms with Gasteiger partial charge >= 0.3 is 6.16 Å². The first-order chi connectivity index (χ1) is 11.6. The second-order valence-corrected chi connectivity index (χ2v) is 5.46. The fourth-order valence-corrected chi connectivity index (χ4v) is 2.58. The lowest BCUT2D eigenvalue weighted by Crippen LogP contribution is -2.12. The molecule has 0 aliphatic heterocycles. The van der Waals surface area contributed by atoms with Crippen molar-refractivity contribution in [2.75, 3.05) is 6.61 Å². The largest absolute Gasteiger partial charge is 0.513 e. The van der Waals surface area contributed by atoms with Gasteiger partial charge in [-0.3, -0.25) is 0 Å². The van der Waals surface area contributed by atoms with Crippen molar-refractivity contribution < 1.29 is 23.0 Å². The minimum atomic E-state index is -0.898. The van der Waals surface area contributed by atoms with Crippen LogP contribution in [0.15, 0.2) is 42.5 Å². The molecule has 0 saturated carbocycles. The molecule has 0 radical (unpaired) electrons. The smallest absolute Gasteiger partial charge is 0.434 e. The van der Waals surface area contributed by atoms with Gasteiger partial charge in [0.15, 0.2) is 5.75 Å². The third kappa shape index (κ3) is 3.15. The van der Waals surface area contributed by atoms with E-state index in [0.29, 0.717) is 22.6 Å². The topological polar surface area (TPSA) is 35.5 Å². The molecule has 0 amide bonds. The highest BCUT2D eigenvalue weighted by molar-refractivity contribution is 6.06. The summed E-state index contributed by atoms with van der Waals surface area (Å²) in [5.74, 6) is -0.896. The second kappa shape index (κ2) is 6.83. The number of unbranched alkanes of at least 4 members (excludes halogenated alkanes) is 1. The van der Waals surface area contributed by atoms with Crippen molar-refractivity contribution in [2.24, 2.45) is 0 Å². The summed E-state index contributed by atoms with van der Waals surface area (Å²) in [6.07, 6.45) is 0.688. The number of carbonyl (C=O) groups is 1. The molecule has 0 aliphatic carbocycles. The number of ether oxygens (including phenoxy) is 2. The van der Waals surface area contributed by atoms with Gasteiger partial charge in [0.2, 0.25) is 0 Å². The minimum absolute atomic E-state index is 0.0436. The first-order valence-corrected chi connectivity index (χ1v) is 7.75. The van der Waals surface area contributed by atoms with Crippen LogP contribution in [0.4, 0.5) is 13.6 Å². The maximum atomic E-state index is 14.3. The summed E-state index contributed by atoms with van der Waals surface area (Å²) in [5, 5.41) is 1.65. The van der Waals surface area contributed by atoms with Crippen LogP contribution in [0.5, 0.6) is 5.75 Å². The van der Waals surface area contributed by atoms with Gasteiger partial charge in [0.25, 0.3) is 0 Å². The first kappa shape index (κ1) is 16.2. The van der Waals surface area contributed by atoms with Crippen LogP contribution < -0.4 is 4.74 Å². The summed E-state index contributed by atoms with van der Waals surface area (Å²) in [4.78, 5) is 11.9. The second-order valence-electron chi connectivity index (χ2n) is 5.46. The van der Waals surface area contributed by atoms with E-state index in [9.17, 15) is 13.6 Å². The Bertz CT molecular complexity index is 905. The predicted octanol–water partition coefficient (Wildman–Crippen LogP) is 5.59. The number of hydrogen-bond acceptors (Lipinski definition) is 3. The zero-order valence-electron chi connectivity index (χ0n) is 13.1. The van der Waals surface area contributed by atoms with Gasteiger partial charge in [-0.2, -0.15) is 0 Å². The van der Waals surface area contributed by atoms with Gasteiger partial charge in [-0.1, -0.05) is 25.5 Å². The van der Waals surface area contributed by atoms with Crippen LogP contribution in [0, 0.1) is 11.6 Å². The summed E-state index contributed by atoms with van der Waals surface area (Å²) in [7, 11) is 0. The van der Waals surface area contributed by atoms with Gasteiger partial charge in [0.1, 0.15) is 11.6 Å². The highest BCUT2D eigenvalue weighted by Crippen LogP contribution is 2.37. The Balaban J connectivity index is 2.12. The fraction of sp³-hybridized carbons (Fsp3) is 0.211. The Morgan fingerprint density at radius 3 is 2.71 bits per heavy atom. The van der Waals surface area contributed by atoms with Gasteiger partial charge in [-0.25, -0.2) is 13.6 Å². The fourth-order valence-electron chi connectivity index (χ4n) is 2.58. The van der Waals surface area contributed by atoms with Gasteiger partial charge in [0.05, 0.1) is 12.0 Å². The van der Waals surface area contributed by atoms with Crippen LogP contribution in [-0.4, -0.2) is 12.8 Å². The molecule has 0 aliphatic rings. The first-order valence-electron chi connectivity index (χ1n) is 7.75. The number of halogens is 2. The average molecular weight is 330 g/mol. The summed E-state index contributed by atoms with van der Waals surface area (Å²) in [5.41, 5.74) is 0. The van der Waals surface area contributed by atoms with Crippen LogP contribution in [0.25, 0.3) is 21.5 Å². The number of benzene rings is 3. The summed E-state index contributed by atoms with van der Waals surface area (Å²) in [6, 6.07) is 10.2. The standard InChI is InChI=1S/C19H16F2O3/c1-2-3-9-23-19(22)24-18-15-8-7-14(20)11-13(15)10-12-5-4-6-16(21)17(12)18/h4-8,10-11H,2-3,9H2,1H3. The average Bonchev–Trinajstić information content (AvgIpc) is 2.54. The molecule has 24 heavy (non-hydrogen) atoms. The zero-order valence-corrected chi connectivity index (χ0v) is 13.1. The molecule has 124 valence electrons. The van der Waals surface area contributed by atoms with Crippen molar-refractivity contribution in [3.8, 4) is 5.75 Å². The summed E-state index contributed by atoms with van der Waals surface area (Å²) < 4.78 is 38.1. The van der Waals surface area contributed by atoms with Gasteiger partial charge in [0, 0.05) is 5.39 Å². The van der Waals surface area contributed by atoms with E-state index in [4.69, 9.17) is 9.47 Å². The Morgan fingerprint density at radius 1 is 1.08 bits per heavy atom. The Morgan fingerprint density at radius 2 is 1.92 bits per heavy atom. The maximum Gasteiger partial charge on any atom is 0.513 e. The van der Waals surface area contributed by atoms with Crippen molar-refractivity contribution >= 4 is 27.7 Å². The van der Waals surface area contributed by atoms with E-state index in [1.165, 1.54) is 24.3 Å². The molecule has 3 aromatic rings. The molecule has 0 saturated heterocycles. The zero-order chi connectivity index (χ0) is 17.1. The molecular formula is C19H16F2O3. The molecule has 0 spiro atoms. The molecule has 0 N–H and O–H groups in total. The molecule has 0 heterocycles. The number of carbonyl (C=O) groups excluding carboxylic acids is 1. The number of fused-ring (bicyclic) bond motifs is 2. The number of rotatable bonds is 4. The molecule has 0 atom stereocenters. The molecule has 0 fully saturated rings. The van der Waals surface area contributed by atoms with E-state index >= 15 is 0 Å². The molecule has 0 aromatic heterocycles. The lowest BCUT2D eigenvalue weighted by atomic mass is 10.0. The molecule has 3 aromatic carbocycles. The van der Waals surface area contributed by atoms with E-state index in [2.05, 4.69) is 0 Å². The van der Waals surface area contributed by atoms with Crippen LogP contribution in [0.3, 0.4) is 0 Å². The third-order valence-corrected chi connectivity index (χ3v) is 3.75. The van der Waals surface area contributed by atoms with E-state index in [1.54, 1.807) is 18.2 Å². The Hall–Kier alpha value is -2.69. The maximum absolute atomic E-state index is 14.3. The monoisotopic (exact) mass is 330 g/mol. The molecule has 5 heteroatoms. The summed E-state index contributed by atoms with van der Waals surface area (Å²) >= 11 is 0. The Kier molecular flexibility index (Phi) is 4.60. The third-order valence-electron chi connectivity index (χ3n) is 3.75. The van der Waals surface area contributed by atoms with Crippen LogP contribution >= 0.6 is 0 Å². The van der Waals surface area contributed by atoms with Crippen LogP contribution in [0.1, 0.15) is 19.8 Å². The SMILES string of the molecule is CCCCOC(=O)Oc1c2ccc(F)cc2cc2cccc(F)c12. The van der Waals surface area contributed by atoms with Gasteiger partial charge < -0.3 is 9.47 Å². The lowest BCUT2D eigenvalue weighted by molar-refractivity contribution is 0.0988. The predicted molar refractivity (Wildman–Crippen MR) is 88.3 cm³/mol. The van der Waals surface area contributed by atoms with E-state index in [-0.39, 0.29) is 17.7 Å². The highest BCUT2D eigenvalue weighted by atomic mass is 19.1. The lowest BCUT2D eigenvalue weighted by Gasteiger charge is -2.12. The molecule has 0 unspecified atom stereocenters. The van der Waals surface area contributed by atoms with Crippen LogP contribution in [0.2, 0.25) is 0 Å². The van der Waals surface area contributed by atoms with E-state index in [1.807, 2.05) is 6.92 Å². The highest BCUT2D eigenvalue weighted by Gasteiger charge is 2.17. The van der Waals surface area contributed by atoms with E-state index in [0.717, 1.165) is 6.42 Å². The van der Waals surface area contributed by atoms with Crippen molar-refractivity contribution in [2.45, 2.75) is 19.8 Å². The van der Waals surface area contributed by atoms with Crippen LogP contribution in [-0.2, 0) is 4.74 Å². The minimum Gasteiger partial charge on any atom is -0.434 e. The number of hydrogen-bond donors (Lipinski definition) is 0. The summed E-state index contributed by atoms with van der Waals surface area (Å²) in [6.45, 7) is 2.20.